The van der Waals surface area contributed by atoms with Crippen LogP contribution in [0.4, 0.5) is 0 Å². The van der Waals surface area contributed by atoms with Gasteiger partial charge in [0.25, 0.3) is 5.91 Å². The van der Waals surface area contributed by atoms with Crippen LogP contribution in [0.5, 0.6) is 5.75 Å². The van der Waals surface area contributed by atoms with E-state index in [0.717, 1.165) is 21.5 Å². The maximum absolute atomic E-state index is 12.6. The number of fused-ring (bicyclic) bond motifs is 1. The number of terminal acetylenes is 1. The van der Waals surface area contributed by atoms with Crippen LogP contribution in [-0.4, -0.2) is 16.6 Å². The lowest BCUT2D eigenvalue weighted by atomic mass is 10.2. The van der Waals surface area contributed by atoms with Gasteiger partial charge >= 0.3 is 0 Å². The third kappa shape index (κ3) is 3.71. The van der Waals surface area contributed by atoms with Crippen LogP contribution in [0.15, 0.2) is 47.5 Å². The fourth-order valence-corrected chi connectivity index (χ4v) is 3.84. The Morgan fingerprint density at radius 1 is 1.27 bits per heavy atom. The van der Waals surface area contributed by atoms with Gasteiger partial charge in [0.1, 0.15) is 5.75 Å². The van der Waals surface area contributed by atoms with Crippen molar-refractivity contribution in [1.29, 1.82) is 0 Å². The van der Waals surface area contributed by atoms with Crippen molar-refractivity contribution < 1.29 is 9.53 Å². The van der Waals surface area contributed by atoms with Gasteiger partial charge in [0.2, 0.25) is 0 Å². The molecule has 1 amide bonds. The van der Waals surface area contributed by atoms with Gasteiger partial charge in [0, 0.05) is 5.56 Å². The van der Waals surface area contributed by atoms with Gasteiger partial charge in [-0.1, -0.05) is 29.4 Å². The molecule has 0 N–H and O–H groups in total. The van der Waals surface area contributed by atoms with E-state index in [1.165, 1.54) is 11.3 Å². The topological polar surface area (TPSA) is 43.6 Å². The maximum atomic E-state index is 12.6. The standard InChI is InChI=1S/C21H20N2O2S/c1-5-13-23-19-15(4)7-6-8-18(19)26-21(23)22-20(24)16-9-11-17(12-10-16)25-14(2)3/h1,6-12,14H,13H2,2-4H3. The third-order valence-electron chi connectivity index (χ3n) is 3.82. The summed E-state index contributed by atoms with van der Waals surface area (Å²) in [7, 11) is 0. The normalized spacial score (nSPS) is 11.7. The summed E-state index contributed by atoms with van der Waals surface area (Å²) in [6.07, 6.45) is 5.61. The Labute approximate surface area is 156 Å². The Kier molecular flexibility index (Phi) is 5.24. The van der Waals surface area contributed by atoms with Crippen LogP contribution in [0.1, 0.15) is 29.8 Å². The molecule has 1 heterocycles. The Hall–Kier alpha value is -2.84. The Morgan fingerprint density at radius 2 is 2.00 bits per heavy atom. The van der Waals surface area contributed by atoms with Crippen LogP contribution in [0.2, 0.25) is 0 Å². The van der Waals surface area contributed by atoms with Crippen LogP contribution in [0, 0.1) is 19.3 Å². The Balaban J connectivity index is 2.01. The quantitative estimate of drug-likeness (QED) is 0.652. The molecule has 4 nitrogen and oxygen atoms in total. The van der Waals surface area contributed by atoms with Gasteiger partial charge in [-0.2, -0.15) is 4.99 Å². The first-order valence-electron chi connectivity index (χ1n) is 8.38. The van der Waals surface area contributed by atoms with Gasteiger partial charge < -0.3 is 9.30 Å². The van der Waals surface area contributed by atoms with Crippen molar-refractivity contribution in [2.75, 3.05) is 0 Å². The Bertz CT molecular complexity index is 1050. The number of hydrogen-bond donors (Lipinski definition) is 0. The van der Waals surface area contributed by atoms with Crippen molar-refractivity contribution in [2.24, 2.45) is 4.99 Å². The van der Waals surface area contributed by atoms with E-state index in [-0.39, 0.29) is 12.0 Å². The van der Waals surface area contributed by atoms with E-state index >= 15 is 0 Å². The van der Waals surface area contributed by atoms with Gasteiger partial charge in [-0.05, 0) is 56.7 Å². The largest absolute Gasteiger partial charge is 0.491 e. The van der Waals surface area contributed by atoms with Crippen LogP contribution >= 0.6 is 11.3 Å². The van der Waals surface area contributed by atoms with Crippen molar-refractivity contribution in [3.8, 4) is 18.1 Å². The van der Waals surface area contributed by atoms with E-state index in [1.54, 1.807) is 24.3 Å². The molecule has 0 saturated heterocycles. The molecule has 132 valence electrons. The first-order chi connectivity index (χ1) is 12.5. The average molecular weight is 364 g/mol. The summed E-state index contributed by atoms with van der Waals surface area (Å²) in [4.78, 5) is 17.5. The zero-order chi connectivity index (χ0) is 18.7. The fraction of sp³-hybridized carbons (Fsp3) is 0.238. The SMILES string of the molecule is C#CCn1c(=NC(=O)c2ccc(OC(C)C)cc2)sc2cccc(C)c21. The third-order valence-corrected chi connectivity index (χ3v) is 4.87. The average Bonchev–Trinajstić information content (AvgIpc) is 2.94. The molecule has 3 aromatic rings. The minimum absolute atomic E-state index is 0.0887. The van der Waals surface area contributed by atoms with Crippen LogP contribution in [-0.2, 0) is 6.54 Å². The van der Waals surface area contributed by atoms with Gasteiger partial charge in [0.15, 0.2) is 4.80 Å². The number of hydrogen-bond acceptors (Lipinski definition) is 3. The number of carbonyl (C=O) groups excluding carboxylic acids is 1. The van der Waals surface area contributed by atoms with E-state index in [4.69, 9.17) is 11.2 Å². The summed E-state index contributed by atoms with van der Waals surface area (Å²) in [6.45, 7) is 6.32. The molecule has 0 unspecified atom stereocenters. The van der Waals surface area contributed by atoms with Gasteiger partial charge in [0.05, 0.1) is 22.9 Å². The summed E-state index contributed by atoms with van der Waals surface area (Å²) in [5, 5.41) is 0. The number of rotatable bonds is 4. The molecule has 2 aromatic carbocycles. The number of aryl methyl sites for hydroxylation is 1. The monoisotopic (exact) mass is 364 g/mol. The number of aromatic nitrogens is 1. The van der Waals surface area contributed by atoms with E-state index < -0.39 is 0 Å². The summed E-state index contributed by atoms with van der Waals surface area (Å²) in [6, 6.07) is 13.1. The van der Waals surface area contributed by atoms with Crippen molar-refractivity contribution in [3.63, 3.8) is 0 Å². The molecule has 0 saturated carbocycles. The maximum Gasteiger partial charge on any atom is 0.279 e. The lowest BCUT2D eigenvalue weighted by Crippen LogP contribution is -2.17. The zero-order valence-electron chi connectivity index (χ0n) is 15.0. The van der Waals surface area contributed by atoms with Gasteiger partial charge in [-0.25, -0.2) is 0 Å². The smallest absolute Gasteiger partial charge is 0.279 e. The molecular weight excluding hydrogens is 344 g/mol. The van der Waals surface area contributed by atoms with Crippen molar-refractivity contribution in [2.45, 2.75) is 33.4 Å². The minimum atomic E-state index is -0.295. The Morgan fingerprint density at radius 3 is 2.65 bits per heavy atom. The molecule has 0 spiro atoms. The molecule has 0 fully saturated rings. The first-order valence-corrected chi connectivity index (χ1v) is 9.19. The number of ether oxygens (including phenoxy) is 1. The number of thiazole rings is 1. The summed E-state index contributed by atoms with van der Waals surface area (Å²) >= 11 is 1.47. The van der Waals surface area contributed by atoms with Crippen molar-refractivity contribution in [3.05, 3.63) is 58.4 Å². The zero-order valence-corrected chi connectivity index (χ0v) is 15.8. The van der Waals surface area contributed by atoms with E-state index in [1.807, 2.05) is 43.5 Å². The molecule has 0 aliphatic heterocycles. The van der Waals surface area contributed by atoms with Crippen LogP contribution < -0.4 is 9.54 Å². The van der Waals surface area contributed by atoms with E-state index in [0.29, 0.717) is 16.9 Å². The predicted octanol–water partition coefficient (Wildman–Crippen LogP) is 4.17. The second-order valence-electron chi connectivity index (χ2n) is 6.20. The molecular formula is C21H20N2O2S. The molecule has 0 aliphatic rings. The highest BCUT2D eigenvalue weighted by Gasteiger charge is 2.10. The van der Waals surface area contributed by atoms with Gasteiger partial charge in [-0.15, -0.1) is 6.42 Å². The number of amides is 1. The number of carbonyl (C=O) groups is 1. The summed E-state index contributed by atoms with van der Waals surface area (Å²) < 4.78 is 8.59. The predicted molar refractivity (Wildman–Crippen MR) is 105 cm³/mol. The lowest BCUT2D eigenvalue weighted by molar-refractivity contribution is 0.0998. The van der Waals surface area contributed by atoms with Gasteiger partial charge in [-0.3, -0.25) is 4.79 Å². The highest BCUT2D eigenvalue weighted by Crippen LogP contribution is 2.21. The molecule has 0 bridgehead atoms. The van der Waals surface area contributed by atoms with E-state index in [9.17, 15) is 4.79 Å². The molecule has 0 radical (unpaired) electrons. The summed E-state index contributed by atoms with van der Waals surface area (Å²) in [5.74, 6) is 3.09. The molecule has 1 aromatic heterocycles. The number of para-hydroxylation sites is 1. The molecule has 0 aliphatic carbocycles. The van der Waals surface area contributed by atoms with E-state index in [2.05, 4.69) is 10.9 Å². The first kappa shape index (κ1) is 18.0. The fourth-order valence-electron chi connectivity index (χ4n) is 2.73. The van der Waals surface area contributed by atoms with Crippen molar-refractivity contribution >= 4 is 27.5 Å². The minimum Gasteiger partial charge on any atom is -0.491 e. The lowest BCUT2D eigenvalue weighted by Gasteiger charge is -2.09. The summed E-state index contributed by atoms with van der Waals surface area (Å²) in [5.41, 5.74) is 2.66. The molecule has 5 heteroatoms. The second-order valence-corrected chi connectivity index (χ2v) is 7.21. The second kappa shape index (κ2) is 7.59. The number of nitrogens with zero attached hydrogens (tertiary/aromatic N) is 2. The number of benzene rings is 2. The molecule has 0 atom stereocenters. The highest BCUT2D eigenvalue weighted by atomic mass is 32.1. The van der Waals surface area contributed by atoms with Crippen LogP contribution in [0.3, 0.4) is 0 Å². The van der Waals surface area contributed by atoms with Crippen LogP contribution in [0.25, 0.3) is 10.2 Å². The van der Waals surface area contributed by atoms with Crippen molar-refractivity contribution in [1.82, 2.24) is 4.57 Å². The molecule has 3 rings (SSSR count). The molecule has 26 heavy (non-hydrogen) atoms. The highest BCUT2D eigenvalue weighted by molar-refractivity contribution is 7.16.